The summed E-state index contributed by atoms with van der Waals surface area (Å²) in [4.78, 5) is 32.9. The van der Waals surface area contributed by atoms with E-state index in [2.05, 4.69) is 9.97 Å². The van der Waals surface area contributed by atoms with E-state index in [9.17, 15) is 9.59 Å². The van der Waals surface area contributed by atoms with Crippen LogP contribution in [0.3, 0.4) is 0 Å². The van der Waals surface area contributed by atoms with Gasteiger partial charge in [0, 0.05) is 23.2 Å². The Morgan fingerprint density at radius 2 is 1.12 bits per heavy atom. The SMILES string of the molecule is O=C(OC(=O)c1cnc2ccccc2c1)c1cnc2ccccc2c1. The molecule has 0 saturated heterocycles. The van der Waals surface area contributed by atoms with E-state index in [1.165, 1.54) is 12.4 Å². The molecular weight excluding hydrogens is 316 g/mol. The second kappa shape index (κ2) is 6.13. The summed E-state index contributed by atoms with van der Waals surface area (Å²) in [5, 5.41) is 1.61. The topological polar surface area (TPSA) is 69.2 Å². The molecule has 0 saturated carbocycles. The lowest BCUT2D eigenvalue weighted by Gasteiger charge is -2.05. The van der Waals surface area contributed by atoms with Crippen molar-refractivity contribution >= 4 is 33.7 Å². The van der Waals surface area contributed by atoms with Crippen LogP contribution < -0.4 is 0 Å². The van der Waals surface area contributed by atoms with Crippen LogP contribution in [0.2, 0.25) is 0 Å². The number of carbonyl (C=O) groups is 2. The van der Waals surface area contributed by atoms with Gasteiger partial charge in [0.15, 0.2) is 0 Å². The summed E-state index contributed by atoms with van der Waals surface area (Å²) in [6.45, 7) is 0. The summed E-state index contributed by atoms with van der Waals surface area (Å²) in [5.74, 6) is -1.48. The first-order chi connectivity index (χ1) is 12.2. The molecule has 25 heavy (non-hydrogen) atoms. The largest absolute Gasteiger partial charge is 0.386 e. The third-order valence-electron chi connectivity index (χ3n) is 3.84. The lowest BCUT2D eigenvalue weighted by Crippen LogP contribution is -2.13. The summed E-state index contributed by atoms with van der Waals surface area (Å²) >= 11 is 0. The van der Waals surface area contributed by atoms with Crippen LogP contribution in [0.15, 0.2) is 73.1 Å². The van der Waals surface area contributed by atoms with Gasteiger partial charge in [0.1, 0.15) is 0 Å². The highest BCUT2D eigenvalue weighted by molar-refractivity contribution is 6.04. The highest BCUT2D eigenvalue weighted by Gasteiger charge is 2.16. The molecule has 0 atom stereocenters. The Hall–Kier alpha value is -3.60. The number of esters is 2. The fraction of sp³-hybridized carbons (Fsp3) is 0. The molecule has 2 heterocycles. The maximum Gasteiger partial charge on any atom is 0.347 e. The van der Waals surface area contributed by atoms with E-state index in [-0.39, 0.29) is 11.1 Å². The number of aromatic nitrogens is 2. The Morgan fingerprint density at radius 3 is 1.60 bits per heavy atom. The minimum atomic E-state index is -0.739. The Bertz CT molecular complexity index is 1030. The van der Waals surface area contributed by atoms with E-state index in [4.69, 9.17) is 4.74 Å². The average Bonchev–Trinajstić information content (AvgIpc) is 2.67. The van der Waals surface area contributed by atoms with Crippen molar-refractivity contribution in [3.05, 3.63) is 84.2 Å². The molecule has 4 rings (SSSR count). The van der Waals surface area contributed by atoms with Crippen LogP contribution >= 0.6 is 0 Å². The summed E-state index contributed by atoms with van der Waals surface area (Å²) < 4.78 is 4.96. The van der Waals surface area contributed by atoms with Gasteiger partial charge >= 0.3 is 11.9 Å². The fourth-order valence-corrected chi connectivity index (χ4v) is 2.57. The molecule has 0 amide bonds. The number of nitrogens with zero attached hydrogens (tertiary/aromatic N) is 2. The van der Waals surface area contributed by atoms with Crippen LogP contribution in [0.5, 0.6) is 0 Å². The van der Waals surface area contributed by atoms with Crippen molar-refractivity contribution in [3.63, 3.8) is 0 Å². The molecule has 0 aliphatic heterocycles. The zero-order chi connectivity index (χ0) is 17.2. The van der Waals surface area contributed by atoms with Gasteiger partial charge in [-0.1, -0.05) is 36.4 Å². The van der Waals surface area contributed by atoms with Gasteiger partial charge in [0.05, 0.1) is 22.2 Å². The lowest BCUT2D eigenvalue weighted by molar-refractivity contribution is 0.0397. The van der Waals surface area contributed by atoms with Gasteiger partial charge in [0.25, 0.3) is 0 Å². The number of pyridine rings is 2. The first-order valence-corrected chi connectivity index (χ1v) is 7.67. The maximum absolute atomic E-state index is 12.2. The van der Waals surface area contributed by atoms with Crippen LogP contribution in [0.4, 0.5) is 0 Å². The average molecular weight is 328 g/mol. The number of carbonyl (C=O) groups excluding carboxylic acids is 2. The van der Waals surface area contributed by atoms with Crippen molar-refractivity contribution in [2.24, 2.45) is 0 Å². The van der Waals surface area contributed by atoms with Crippen molar-refractivity contribution in [3.8, 4) is 0 Å². The van der Waals surface area contributed by atoms with Gasteiger partial charge in [-0.25, -0.2) is 9.59 Å². The number of rotatable bonds is 2. The van der Waals surface area contributed by atoms with Gasteiger partial charge < -0.3 is 4.74 Å². The summed E-state index contributed by atoms with van der Waals surface area (Å²) in [7, 11) is 0. The molecule has 0 aliphatic carbocycles. The first kappa shape index (κ1) is 15.0. The Balaban J connectivity index is 1.58. The number of hydrogen-bond donors (Lipinski definition) is 0. The van der Waals surface area contributed by atoms with Crippen molar-refractivity contribution < 1.29 is 14.3 Å². The Kier molecular flexibility index (Phi) is 3.67. The normalized spacial score (nSPS) is 10.7. The molecule has 0 unspecified atom stereocenters. The zero-order valence-corrected chi connectivity index (χ0v) is 13.0. The molecule has 5 nitrogen and oxygen atoms in total. The molecular formula is C20H12N2O3. The third-order valence-corrected chi connectivity index (χ3v) is 3.84. The third kappa shape index (κ3) is 2.95. The second-order valence-electron chi connectivity index (χ2n) is 5.51. The van der Waals surface area contributed by atoms with Gasteiger partial charge in [-0.05, 0) is 24.3 Å². The van der Waals surface area contributed by atoms with Crippen molar-refractivity contribution in [1.82, 2.24) is 9.97 Å². The molecule has 0 N–H and O–H groups in total. The van der Waals surface area contributed by atoms with Gasteiger partial charge in [0.2, 0.25) is 0 Å². The summed E-state index contributed by atoms with van der Waals surface area (Å²) in [5.41, 5.74) is 1.98. The monoisotopic (exact) mass is 328 g/mol. The number of fused-ring (bicyclic) bond motifs is 2. The molecule has 2 aromatic heterocycles. The number of para-hydroxylation sites is 2. The predicted octanol–water partition coefficient (Wildman–Crippen LogP) is 3.78. The minimum Gasteiger partial charge on any atom is -0.386 e. The van der Waals surface area contributed by atoms with Gasteiger partial charge in [-0.15, -0.1) is 0 Å². The highest BCUT2D eigenvalue weighted by atomic mass is 16.6. The van der Waals surface area contributed by atoms with E-state index < -0.39 is 11.9 Å². The van der Waals surface area contributed by atoms with Crippen LogP contribution in [0, 0.1) is 0 Å². The number of hydrogen-bond acceptors (Lipinski definition) is 5. The highest BCUT2D eigenvalue weighted by Crippen LogP contribution is 2.16. The van der Waals surface area contributed by atoms with Gasteiger partial charge in [-0.3, -0.25) is 9.97 Å². The van der Waals surface area contributed by atoms with Crippen LogP contribution in [-0.2, 0) is 4.74 Å². The van der Waals surface area contributed by atoms with Crippen molar-refractivity contribution in [2.45, 2.75) is 0 Å². The maximum atomic E-state index is 12.2. The predicted molar refractivity (Wildman–Crippen MR) is 93.2 cm³/mol. The van der Waals surface area contributed by atoms with E-state index in [0.717, 1.165) is 21.8 Å². The molecule has 0 radical (unpaired) electrons. The number of ether oxygens (including phenoxy) is 1. The zero-order valence-electron chi connectivity index (χ0n) is 13.0. The van der Waals surface area contributed by atoms with Gasteiger partial charge in [-0.2, -0.15) is 0 Å². The van der Waals surface area contributed by atoms with Crippen molar-refractivity contribution in [2.75, 3.05) is 0 Å². The molecule has 0 fully saturated rings. The van der Waals surface area contributed by atoms with E-state index in [1.807, 2.05) is 48.5 Å². The van der Waals surface area contributed by atoms with E-state index in [1.54, 1.807) is 12.1 Å². The van der Waals surface area contributed by atoms with E-state index >= 15 is 0 Å². The molecule has 2 aromatic carbocycles. The minimum absolute atomic E-state index is 0.223. The molecule has 0 aliphatic rings. The molecule has 0 spiro atoms. The summed E-state index contributed by atoms with van der Waals surface area (Å²) in [6, 6.07) is 18.1. The van der Waals surface area contributed by atoms with Crippen molar-refractivity contribution in [1.29, 1.82) is 0 Å². The molecule has 5 heteroatoms. The quantitative estimate of drug-likeness (QED) is 0.414. The van der Waals surface area contributed by atoms with Crippen LogP contribution in [0.25, 0.3) is 21.8 Å². The molecule has 0 bridgehead atoms. The number of benzene rings is 2. The Labute approximate surface area is 142 Å². The lowest BCUT2D eigenvalue weighted by atomic mass is 10.1. The molecule has 120 valence electrons. The standard InChI is InChI=1S/C20H12N2O3/c23-19(15-9-13-5-1-3-7-17(13)21-11-15)25-20(24)16-10-14-6-2-4-8-18(14)22-12-16/h1-12H. The first-order valence-electron chi connectivity index (χ1n) is 7.67. The fourth-order valence-electron chi connectivity index (χ4n) is 2.57. The smallest absolute Gasteiger partial charge is 0.347 e. The van der Waals surface area contributed by atoms with E-state index in [0.29, 0.717) is 0 Å². The second-order valence-corrected chi connectivity index (χ2v) is 5.51. The summed E-state index contributed by atoms with van der Waals surface area (Å²) in [6.07, 6.45) is 2.80. The van der Waals surface area contributed by atoms with Crippen LogP contribution in [0.1, 0.15) is 20.7 Å². The Morgan fingerprint density at radius 1 is 0.680 bits per heavy atom. The molecule has 4 aromatic rings. The van der Waals surface area contributed by atoms with Crippen LogP contribution in [-0.4, -0.2) is 21.9 Å².